The van der Waals surface area contributed by atoms with Gasteiger partial charge in [-0.3, -0.25) is 14.0 Å². The highest BCUT2D eigenvalue weighted by atomic mass is 35.5. The number of hydrogen-bond acceptors (Lipinski definition) is 5. The fourth-order valence-corrected chi connectivity index (χ4v) is 6.10. The van der Waals surface area contributed by atoms with Crippen LogP contribution in [0.4, 0.5) is 13.2 Å². The van der Waals surface area contributed by atoms with Crippen LogP contribution in [0.25, 0.3) is 0 Å². The van der Waals surface area contributed by atoms with Crippen molar-refractivity contribution in [3.8, 4) is 5.75 Å². The molecule has 4 aromatic carbocycles. The van der Waals surface area contributed by atoms with Crippen molar-refractivity contribution in [2.45, 2.75) is 30.0 Å². The van der Waals surface area contributed by atoms with Crippen molar-refractivity contribution in [1.29, 1.82) is 0 Å². The van der Waals surface area contributed by atoms with Crippen LogP contribution in [0.5, 0.6) is 5.75 Å². The van der Waals surface area contributed by atoms with Gasteiger partial charge in [0.25, 0.3) is 0 Å². The Balaban J connectivity index is 1.55. The van der Waals surface area contributed by atoms with Crippen LogP contribution in [0.15, 0.2) is 108 Å². The predicted octanol–water partition coefficient (Wildman–Crippen LogP) is 9.05. The molecule has 4 rings (SSSR count). The molecule has 0 saturated carbocycles. The van der Waals surface area contributed by atoms with Crippen LogP contribution in [0, 0.1) is 0 Å². The summed E-state index contributed by atoms with van der Waals surface area (Å²) in [6, 6.07) is 30.8. The largest absolute Gasteiger partial charge is 0.493 e. The summed E-state index contributed by atoms with van der Waals surface area (Å²) in [4.78, 5) is 2.46. The maximum Gasteiger partial charge on any atom is 0.417 e. The SMILES string of the molecule is CN(C)S(O)(O)c1cccc(OCCCN(Cc2cccc(C(F)(F)F)c2Cl)CC(c2ccccc2)c2ccccc2)c1. The molecule has 43 heavy (non-hydrogen) atoms. The summed E-state index contributed by atoms with van der Waals surface area (Å²) in [5.41, 5.74) is 1.75. The quantitative estimate of drug-likeness (QED) is 0.144. The van der Waals surface area contributed by atoms with Gasteiger partial charge in [0, 0.05) is 45.7 Å². The van der Waals surface area contributed by atoms with E-state index in [1.54, 1.807) is 44.4 Å². The topological polar surface area (TPSA) is 56.2 Å². The molecular formula is C33H36ClF3N2O3S. The third-order valence-corrected chi connectivity index (χ3v) is 9.49. The number of nitrogens with zero attached hydrogens (tertiary/aromatic N) is 2. The van der Waals surface area contributed by atoms with E-state index in [9.17, 15) is 22.3 Å². The van der Waals surface area contributed by atoms with Gasteiger partial charge in [-0.1, -0.05) is 90.5 Å². The second kappa shape index (κ2) is 14.6. The van der Waals surface area contributed by atoms with Crippen molar-refractivity contribution in [3.05, 3.63) is 130 Å². The van der Waals surface area contributed by atoms with Crippen LogP contribution >= 0.6 is 22.4 Å². The molecule has 0 heterocycles. The third kappa shape index (κ3) is 8.75. The number of alkyl halides is 3. The molecule has 0 aliphatic heterocycles. The summed E-state index contributed by atoms with van der Waals surface area (Å²) < 4.78 is 69.1. The molecule has 2 N–H and O–H groups in total. The van der Waals surface area contributed by atoms with Gasteiger partial charge in [-0.25, -0.2) is 4.31 Å². The lowest BCUT2D eigenvalue weighted by atomic mass is 9.90. The van der Waals surface area contributed by atoms with Gasteiger partial charge >= 0.3 is 6.18 Å². The molecule has 0 atom stereocenters. The van der Waals surface area contributed by atoms with Gasteiger partial charge in [0.2, 0.25) is 0 Å². The molecule has 0 unspecified atom stereocenters. The molecule has 0 radical (unpaired) electrons. The Morgan fingerprint density at radius 3 is 2.02 bits per heavy atom. The second-order valence-corrected chi connectivity index (χ2v) is 13.0. The van der Waals surface area contributed by atoms with E-state index >= 15 is 0 Å². The molecule has 4 aromatic rings. The molecule has 10 heteroatoms. The summed E-state index contributed by atoms with van der Waals surface area (Å²) in [6.07, 6.45) is -3.98. The lowest BCUT2D eigenvalue weighted by molar-refractivity contribution is -0.137. The van der Waals surface area contributed by atoms with Crippen LogP contribution in [0.1, 0.15) is 34.6 Å². The lowest BCUT2D eigenvalue weighted by Gasteiger charge is -2.38. The average molecular weight is 633 g/mol. The van der Waals surface area contributed by atoms with Crippen LogP contribution in [-0.2, 0) is 12.7 Å². The normalized spacial score (nSPS) is 12.7. The molecule has 0 amide bonds. The van der Waals surface area contributed by atoms with Gasteiger partial charge in [0.1, 0.15) is 5.75 Å². The number of rotatable bonds is 13. The van der Waals surface area contributed by atoms with Gasteiger partial charge in [-0.2, -0.15) is 13.2 Å². The molecule has 0 fully saturated rings. The zero-order valence-corrected chi connectivity index (χ0v) is 25.6. The summed E-state index contributed by atoms with van der Waals surface area (Å²) in [5, 5.41) is -0.288. The van der Waals surface area contributed by atoms with E-state index in [-0.39, 0.29) is 17.5 Å². The smallest absolute Gasteiger partial charge is 0.417 e. The molecule has 0 aliphatic rings. The Hall–Kier alpha value is -3.05. The first-order chi connectivity index (χ1) is 20.5. The average Bonchev–Trinajstić information content (AvgIpc) is 2.99. The molecule has 0 bridgehead atoms. The van der Waals surface area contributed by atoms with Gasteiger partial charge in [0.15, 0.2) is 0 Å². The molecule has 0 spiro atoms. The van der Waals surface area contributed by atoms with Crippen LogP contribution in [0.3, 0.4) is 0 Å². The van der Waals surface area contributed by atoms with Crippen molar-refractivity contribution in [3.63, 3.8) is 0 Å². The maximum atomic E-state index is 13.6. The van der Waals surface area contributed by atoms with E-state index in [4.69, 9.17) is 16.3 Å². The van der Waals surface area contributed by atoms with Gasteiger partial charge in [0.05, 0.1) is 22.1 Å². The zero-order valence-electron chi connectivity index (χ0n) is 24.0. The van der Waals surface area contributed by atoms with Gasteiger partial charge in [-0.05, 0) is 41.3 Å². The first-order valence-electron chi connectivity index (χ1n) is 13.8. The minimum atomic E-state index is -4.55. The Labute approximate surface area is 258 Å². The van der Waals surface area contributed by atoms with E-state index in [0.29, 0.717) is 42.3 Å². The van der Waals surface area contributed by atoms with E-state index in [1.165, 1.54) is 10.4 Å². The van der Waals surface area contributed by atoms with Crippen molar-refractivity contribution in [2.24, 2.45) is 0 Å². The molecule has 0 aliphatic carbocycles. The third-order valence-electron chi connectivity index (χ3n) is 7.14. The first kappa shape index (κ1) is 32.9. The Bertz CT molecular complexity index is 1420. The predicted molar refractivity (Wildman–Crippen MR) is 168 cm³/mol. The van der Waals surface area contributed by atoms with E-state index in [2.05, 4.69) is 29.2 Å². The van der Waals surface area contributed by atoms with Crippen molar-refractivity contribution < 1.29 is 27.0 Å². The molecule has 0 aromatic heterocycles. The van der Waals surface area contributed by atoms with Crippen LogP contribution in [0.2, 0.25) is 5.02 Å². The highest BCUT2D eigenvalue weighted by Gasteiger charge is 2.34. The molecule has 5 nitrogen and oxygen atoms in total. The second-order valence-electron chi connectivity index (χ2n) is 10.4. The Morgan fingerprint density at radius 2 is 1.44 bits per heavy atom. The highest BCUT2D eigenvalue weighted by Crippen LogP contribution is 2.50. The van der Waals surface area contributed by atoms with E-state index in [1.807, 2.05) is 36.4 Å². The minimum Gasteiger partial charge on any atom is -0.493 e. The summed E-state index contributed by atoms with van der Waals surface area (Å²) >= 11 is 6.31. The van der Waals surface area contributed by atoms with Crippen molar-refractivity contribution in [1.82, 2.24) is 9.21 Å². The lowest BCUT2D eigenvalue weighted by Crippen LogP contribution is -2.31. The number of hydrogen-bond donors (Lipinski definition) is 2. The summed E-state index contributed by atoms with van der Waals surface area (Å²) in [5.74, 6) is 0.471. The molecule has 0 saturated heterocycles. The fourth-order valence-electron chi connectivity index (χ4n) is 4.85. The van der Waals surface area contributed by atoms with Crippen molar-refractivity contribution >= 4 is 22.4 Å². The monoisotopic (exact) mass is 632 g/mol. The summed E-state index contributed by atoms with van der Waals surface area (Å²) in [7, 11) is 0.0692. The van der Waals surface area contributed by atoms with E-state index in [0.717, 1.165) is 17.2 Å². The van der Waals surface area contributed by atoms with Gasteiger partial charge < -0.3 is 4.74 Å². The molecular weight excluding hydrogens is 597 g/mol. The fraction of sp³-hybridized carbons (Fsp3) is 0.273. The Kier molecular flexibility index (Phi) is 11.2. The maximum absolute atomic E-state index is 13.6. The van der Waals surface area contributed by atoms with Crippen LogP contribution < -0.4 is 4.74 Å². The minimum absolute atomic E-state index is 0.0270. The van der Waals surface area contributed by atoms with E-state index < -0.39 is 22.5 Å². The highest BCUT2D eigenvalue weighted by molar-refractivity contribution is 8.22. The zero-order chi connectivity index (χ0) is 31.0. The van der Waals surface area contributed by atoms with Gasteiger partial charge in [-0.15, -0.1) is 10.8 Å². The Morgan fingerprint density at radius 1 is 0.837 bits per heavy atom. The number of halogens is 4. The van der Waals surface area contributed by atoms with Crippen LogP contribution in [-0.4, -0.2) is 52.1 Å². The number of ether oxygens (including phenoxy) is 1. The number of benzene rings is 4. The summed E-state index contributed by atoms with van der Waals surface area (Å²) in [6.45, 7) is 1.60. The first-order valence-corrected chi connectivity index (χ1v) is 15.7. The van der Waals surface area contributed by atoms with Crippen molar-refractivity contribution in [2.75, 3.05) is 33.8 Å². The standard InChI is InChI=1S/C33H36ClF3N2O3S/c1-38(2)43(40,41)29-18-10-17-28(22-29)42-21-11-20-39(23-27-16-9-19-31(32(27)34)33(35,36)37)24-30(25-12-5-3-6-13-25)26-14-7-4-8-15-26/h3-10,12-19,22,30,40-41H,11,20-21,23-24H2,1-2H3. The molecule has 230 valence electrons.